The fourth-order valence-electron chi connectivity index (χ4n) is 1.87. The molecule has 0 spiro atoms. The lowest BCUT2D eigenvalue weighted by Gasteiger charge is -2.23. The van der Waals surface area contributed by atoms with Crippen molar-refractivity contribution in [1.29, 1.82) is 0 Å². The van der Waals surface area contributed by atoms with Gasteiger partial charge in [0.05, 0.1) is 13.0 Å². The zero-order valence-electron chi connectivity index (χ0n) is 14.6. The van der Waals surface area contributed by atoms with Gasteiger partial charge in [0.2, 0.25) is 17.7 Å². The van der Waals surface area contributed by atoms with Gasteiger partial charge in [-0.1, -0.05) is 0 Å². The van der Waals surface area contributed by atoms with Crippen LogP contribution in [0.3, 0.4) is 0 Å². The number of carbonyl (C=O) groups excluding carboxylic acids is 3. The number of amides is 3. The molecule has 0 fully saturated rings. The first kappa shape index (κ1) is 25.0. The van der Waals surface area contributed by atoms with Crippen molar-refractivity contribution in [2.24, 2.45) is 5.73 Å². The molecule has 0 saturated carbocycles. The maximum atomic E-state index is 12.4. The topological polar surface area (TPSA) is 188 Å². The van der Waals surface area contributed by atoms with E-state index in [-0.39, 0.29) is 18.7 Å². The summed E-state index contributed by atoms with van der Waals surface area (Å²) in [7, 11) is 0. The van der Waals surface area contributed by atoms with E-state index in [0.29, 0.717) is 5.75 Å². The number of nitrogens with one attached hydrogen (secondary N) is 3. The second kappa shape index (κ2) is 13.2. The standard InChI is InChI=1S/C14H24N4O7S2/c1-27-3-2-7(16-10(19)5-15)12(22)17-8(4-11(20)21)13(23)18-9(6-26)14(24)25/h7-9,26H,2-6,15H2,1H3,(H,16,19)(H,17,22)(H,18,23)(H,20,21)(H,24,25). The van der Waals surface area contributed by atoms with E-state index in [1.807, 2.05) is 0 Å². The van der Waals surface area contributed by atoms with Gasteiger partial charge in [-0.05, 0) is 18.4 Å². The van der Waals surface area contributed by atoms with Crippen LogP contribution in [0.15, 0.2) is 0 Å². The predicted octanol–water partition coefficient (Wildman–Crippen LogP) is -2.36. The van der Waals surface area contributed by atoms with Gasteiger partial charge in [0.15, 0.2) is 0 Å². The molecule has 0 aromatic carbocycles. The molecule has 11 nitrogen and oxygen atoms in total. The molecule has 3 amide bonds. The molecule has 0 bridgehead atoms. The minimum atomic E-state index is -1.52. The highest BCUT2D eigenvalue weighted by Gasteiger charge is 2.30. The summed E-state index contributed by atoms with van der Waals surface area (Å²) in [4.78, 5) is 58.1. The van der Waals surface area contributed by atoms with Gasteiger partial charge in [-0.15, -0.1) is 0 Å². The Hall–Kier alpha value is -1.99. The van der Waals surface area contributed by atoms with Crippen molar-refractivity contribution in [3.05, 3.63) is 0 Å². The van der Waals surface area contributed by atoms with E-state index in [9.17, 15) is 24.0 Å². The minimum Gasteiger partial charge on any atom is -0.481 e. The van der Waals surface area contributed by atoms with Crippen LogP contribution in [-0.2, 0) is 24.0 Å². The van der Waals surface area contributed by atoms with Gasteiger partial charge in [0.1, 0.15) is 18.1 Å². The minimum absolute atomic E-state index is 0.224. The number of thioether (sulfide) groups is 1. The number of thiol groups is 1. The smallest absolute Gasteiger partial charge is 0.327 e. The van der Waals surface area contributed by atoms with Crippen molar-refractivity contribution >= 4 is 54.1 Å². The van der Waals surface area contributed by atoms with Crippen molar-refractivity contribution in [2.75, 3.05) is 24.3 Å². The molecule has 154 valence electrons. The fraction of sp³-hybridized carbons (Fsp3) is 0.643. The van der Waals surface area contributed by atoms with E-state index in [2.05, 4.69) is 28.6 Å². The summed E-state index contributed by atoms with van der Waals surface area (Å²) in [5, 5.41) is 24.6. The molecular formula is C14H24N4O7S2. The van der Waals surface area contributed by atoms with Crippen molar-refractivity contribution < 1.29 is 34.2 Å². The van der Waals surface area contributed by atoms with Crippen LogP contribution in [0.4, 0.5) is 0 Å². The Bertz CT molecular complexity index is 562. The number of hydrogen-bond acceptors (Lipinski definition) is 8. The molecule has 0 aliphatic carbocycles. The van der Waals surface area contributed by atoms with E-state index in [1.54, 1.807) is 6.26 Å². The molecular weight excluding hydrogens is 400 g/mol. The first-order valence-corrected chi connectivity index (χ1v) is 9.83. The Kier molecular flexibility index (Phi) is 12.2. The van der Waals surface area contributed by atoms with Crippen LogP contribution in [0.1, 0.15) is 12.8 Å². The predicted molar refractivity (Wildman–Crippen MR) is 102 cm³/mol. The monoisotopic (exact) mass is 424 g/mol. The maximum absolute atomic E-state index is 12.4. The molecule has 13 heteroatoms. The molecule has 0 aliphatic heterocycles. The SMILES string of the molecule is CSCCC(NC(=O)CN)C(=O)NC(CC(=O)O)C(=O)NC(CS)C(=O)O. The average Bonchev–Trinajstić information content (AvgIpc) is 2.61. The maximum Gasteiger partial charge on any atom is 0.327 e. The van der Waals surface area contributed by atoms with Gasteiger partial charge in [0.25, 0.3) is 0 Å². The molecule has 0 heterocycles. The summed E-state index contributed by atoms with van der Waals surface area (Å²) < 4.78 is 0. The first-order valence-electron chi connectivity index (χ1n) is 7.80. The second-order valence-corrected chi connectivity index (χ2v) is 6.70. The van der Waals surface area contributed by atoms with Crippen molar-refractivity contribution in [3.8, 4) is 0 Å². The molecule has 3 unspecified atom stereocenters. The average molecular weight is 425 g/mol. The van der Waals surface area contributed by atoms with Crippen molar-refractivity contribution in [2.45, 2.75) is 31.0 Å². The molecule has 0 aromatic rings. The molecule has 27 heavy (non-hydrogen) atoms. The number of aliphatic carboxylic acids is 2. The van der Waals surface area contributed by atoms with Crippen LogP contribution < -0.4 is 21.7 Å². The molecule has 0 aliphatic rings. The number of nitrogens with two attached hydrogens (primary N) is 1. The zero-order chi connectivity index (χ0) is 21.0. The van der Waals surface area contributed by atoms with E-state index >= 15 is 0 Å². The lowest BCUT2D eigenvalue weighted by molar-refractivity contribution is -0.143. The van der Waals surface area contributed by atoms with Gasteiger partial charge >= 0.3 is 11.9 Å². The van der Waals surface area contributed by atoms with E-state index in [1.165, 1.54) is 11.8 Å². The Balaban J connectivity index is 5.23. The van der Waals surface area contributed by atoms with Crippen LogP contribution in [0.5, 0.6) is 0 Å². The quantitative estimate of drug-likeness (QED) is 0.159. The highest BCUT2D eigenvalue weighted by atomic mass is 32.2. The first-order chi connectivity index (χ1) is 12.7. The van der Waals surface area contributed by atoms with E-state index < -0.39 is 54.2 Å². The third kappa shape index (κ3) is 10.1. The number of carboxylic acids is 2. The van der Waals surface area contributed by atoms with Gasteiger partial charge in [-0.3, -0.25) is 19.2 Å². The molecule has 0 radical (unpaired) electrons. The van der Waals surface area contributed by atoms with Gasteiger partial charge < -0.3 is 31.9 Å². The highest BCUT2D eigenvalue weighted by molar-refractivity contribution is 7.98. The summed E-state index contributed by atoms with van der Waals surface area (Å²) >= 11 is 5.22. The van der Waals surface area contributed by atoms with Crippen LogP contribution in [0, 0.1) is 0 Å². The molecule has 0 aromatic heterocycles. The molecule has 0 rings (SSSR count). The summed E-state index contributed by atoms with van der Waals surface area (Å²) in [6.45, 7) is -0.343. The van der Waals surface area contributed by atoms with Gasteiger partial charge in [-0.2, -0.15) is 24.4 Å². The van der Waals surface area contributed by atoms with Crippen molar-refractivity contribution in [1.82, 2.24) is 16.0 Å². The third-order valence-corrected chi connectivity index (χ3v) is 4.27. The van der Waals surface area contributed by atoms with Crippen LogP contribution in [0.25, 0.3) is 0 Å². The van der Waals surface area contributed by atoms with E-state index in [4.69, 9.17) is 15.9 Å². The van der Waals surface area contributed by atoms with Crippen LogP contribution in [-0.4, -0.2) is 82.3 Å². The largest absolute Gasteiger partial charge is 0.481 e. The Morgan fingerprint density at radius 2 is 1.56 bits per heavy atom. The molecule has 3 atom stereocenters. The van der Waals surface area contributed by atoms with Crippen molar-refractivity contribution in [3.63, 3.8) is 0 Å². The Morgan fingerprint density at radius 1 is 1.00 bits per heavy atom. The Labute approximate surface area is 165 Å². The molecule has 0 saturated heterocycles. The highest BCUT2D eigenvalue weighted by Crippen LogP contribution is 2.03. The summed E-state index contributed by atoms with van der Waals surface area (Å²) in [5.74, 6) is -4.79. The van der Waals surface area contributed by atoms with Gasteiger partial charge in [0, 0.05) is 5.75 Å². The number of carbonyl (C=O) groups is 5. The van der Waals surface area contributed by atoms with Crippen LogP contribution in [0.2, 0.25) is 0 Å². The lowest BCUT2D eigenvalue weighted by atomic mass is 10.1. The summed E-state index contributed by atoms with van der Waals surface area (Å²) in [6.07, 6.45) is 1.26. The number of hydrogen-bond donors (Lipinski definition) is 7. The van der Waals surface area contributed by atoms with Crippen LogP contribution >= 0.6 is 24.4 Å². The fourth-order valence-corrected chi connectivity index (χ4v) is 2.59. The van der Waals surface area contributed by atoms with Gasteiger partial charge in [-0.25, -0.2) is 4.79 Å². The summed E-state index contributed by atoms with van der Waals surface area (Å²) in [5.41, 5.74) is 5.21. The normalized spacial score (nSPS) is 13.7. The summed E-state index contributed by atoms with van der Waals surface area (Å²) in [6, 6.07) is -3.89. The zero-order valence-corrected chi connectivity index (χ0v) is 16.3. The number of carboxylic acid groups (broad SMARTS) is 2. The lowest BCUT2D eigenvalue weighted by Crippen LogP contribution is -2.57. The second-order valence-electron chi connectivity index (χ2n) is 5.35. The third-order valence-electron chi connectivity index (χ3n) is 3.26. The van der Waals surface area contributed by atoms with E-state index in [0.717, 1.165) is 0 Å². The number of rotatable bonds is 13. The Morgan fingerprint density at radius 3 is 2.00 bits per heavy atom. The molecule has 7 N–H and O–H groups in total.